The van der Waals surface area contributed by atoms with Crippen molar-refractivity contribution in [3.63, 3.8) is 0 Å². The third-order valence-electron chi connectivity index (χ3n) is 6.58. The fourth-order valence-corrected chi connectivity index (χ4v) is 5.02. The number of fused-ring (bicyclic) bond motifs is 3. The molecule has 6 rings (SSSR count). The Kier molecular flexibility index (Phi) is 4.31. The number of nitrogens with one attached hydrogen (secondary N) is 1. The number of aromatic amines is 1. The van der Waals surface area contributed by atoms with E-state index in [1.165, 1.54) is 0 Å². The van der Waals surface area contributed by atoms with Gasteiger partial charge < -0.3 is 20.7 Å². The number of aromatic hydroxyl groups is 1. The van der Waals surface area contributed by atoms with Crippen LogP contribution in [0.5, 0.6) is 5.88 Å². The average Bonchev–Trinajstić information content (AvgIpc) is 3.15. The summed E-state index contributed by atoms with van der Waals surface area (Å²) in [6, 6.07) is 13.6. The van der Waals surface area contributed by atoms with E-state index in [2.05, 4.69) is 15.0 Å². The van der Waals surface area contributed by atoms with E-state index in [1.54, 1.807) is 6.07 Å². The first-order valence-corrected chi connectivity index (χ1v) is 10.8. The van der Waals surface area contributed by atoms with E-state index in [-0.39, 0.29) is 5.88 Å². The maximum absolute atomic E-state index is 10.7. The summed E-state index contributed by atoms with van der Waals surface area (Å²) in [5, 5.41) is 16.5. The summed E-state index contributed by atoms with van der Waals surface area (Å²) in [6.07, 6.45) is 0. The maximum Gasteiger partial charge on any atom is 0.199 e. The molecule has 0 spiro atoms. The van der Waals surface area contributed by atoms with Crippen LogP contribution in [0.1, 0.15) is 11.1 Å². The van der Waals surface area contributed by atoms with Crippen molar-refractivity contribution in [1.29, 1.82) is 0 Å². The highest BCUT2D eigenvalue weighted by molar-refractivity contribution is 6.58. The number of aliphatic imine (C=N–C) groups is 1. The molecule has 1 unspecified atom stereocenters. The number of hydrogen-bond donors (Lipinski definition) is 3. The predicted molar refractivity (Wildman–Crippen MR) is 121 cm³/mol. The molecule has 3 aromatic rings. The molecule has 7 nitrogen and oxygen atoms in total. The number of para-hydroxylation sites is 1. The molecule has 0 bridgehead atoms. The summed E-state index contributed by atoms with van der Waals surface area (Å²) in [5.74, 6) is 1.34. The van der Waals surface area contributed by atoms with Gasteiger partial charge in [-0.2, -0.15) is 0 Å². The topological polar surface area (TPSA) is 99.2 Å². The molecule has 1 aliphatic carbocycles. The number of hydrogen-bond acceptors (Lipinski definition) is 6. The van der Waals surface area contributed by atoms with Crippen molar-refractivity contribution < 1.29 is 9.94 Å². The standard InChI is InChI=1S/C23H22ClN5O2/c24-12-5-6-18-14(9-12)19(23(30)27-18)22-21(13-3-1-2-4-17(13)26-22)28-31-8-7-29-10-15-16(11-29)20(15)25/h1-6,9,15-16,20,27,30H,7-8,10-11,25H2/t15-,16+,20?. The van der Waals surface area contributed by atoms with Gasteiger partial charge in [0.1, 0.15) is 18.0 Å². The molecule has 3 atom stereocenters. The van der Waals surface area contributed by atoms with Crippen molar-refractivity contribution in [3.8, 4) is 5.88 Å². The molecule has 158 valence electrons. The smallest absolute Gasteiger partial charge is 0.199 e. The Hall–Kier alpha value is -2.87. The van der Waals surface area contributed by atoms with Crippen molar-refractivity contribution in [1.82, 2.24) is 9.88 Å². The highest BCUT2D eigenvalue weighted by Gasteiger charge is 2.53. The SMILES string of the molecule is NC1[C@H]2CN(CCON=C3C(c4c(O)[nH]c5ccc(Cl)cc45)=Nc4ccccc43)C[C@@H]12. The van der Waals surface area contributed by atoms with Crippen LogP contribution in [0.15, 0.2) is 52.6 Å². The van der Waals surface area contributed by atoms with Gasteiger partial charge in [-0.1, -0.05) is 35.0 Å². The molecule has 3 heterocycles. The van der Waals surface area contributed by atoms with Crippen LogP contribution in [0.25, 0.3) is 10.9 Å². The summed E-state index contributed by atoms with van der Waals surface area (Å²) in [7, 11) is 0. The molecular formula is C23H22ClN5O2. The van der Waals surface area contributed by atoms with Crippen LogP contribution in [-0.4, -0.2) is 58.7 Å². The minimum absolute atomic E-state index is 0.0316. The number of aromatic nitrogens is 1. The second-order valence-corrected chi connectivity index (χ2v) is 8.89. The molecule has 8 heteroatoms. The minimum atomic E-state index is 0.0316. The number of benzene rings is 2. The normalized spacial score (nSPS) is 25.7. The van der Waals surface area contributed by atoms with Crippen molar-refractivity contribution in [2.45, 2.75) is 6.04 Å². The number of likely N-dealkylation sites (tertiary alicyclic amines) is 1. The Morgan fingerprint density at radius 1 is 1.23 bits per heavy atom. The van der Waals surface area contributed by atoms with E-state index in [9.17, 15) is 5.11 Å². The van der Waals surface area contributed by atoms with Crippen molar-refractivity contribution in [2.75, 3.05) is 26.2 Å². The largest absolute Gasteiger partial charge is 0.494 e. The molecule has 1 saturated heterocycles. The molecule has 2 fully saturated rings. The number of piperidine rings is 1. The molecule has 2 aromatic carbocycles. The van der Waals surface area contributed by atoms with Crippen LogP contribution in [0.2, 0.25) is 5.02 Å². The Balaban J connectivity index is 1.28. The Morgan fingerprint density at radius 3 is 2.87 bits per heavy atom. The van der Waals surface area contributed by atoms with Gasteiger partial charge in [0.2, 0.25) is 0 Å². The number of halogens is 1. The lowest BCUT2D eigenvalue weighted by Crippen LogP contribution is -2.31. The van der Waals surface area contributed by atoms with Gasteiger partial charge in [0.15, 0.2) is 5.88 Å². The van der Waals surface area contributed by atoms with E-state index >= 15 is 0 Å². The van der Waals surface area contributed by atoms with Gasteiger partial charge in [0.05, 0.1) is 11.3 Å². The number of nitrogens with two attached hydrogens (primary N) is 1. The summed E-state index contributed by atoms with van der Waals surface area (Å²) >= 11 is 6.22. The van der Waals surface area contributed by atoms with Crippen LogP contribution in [0, 0.1) is 11.8 Å². The maximum atomic E-state index is 10.7. The van der Waals surface area contributed by atoms with E-state index in [1.807, 2.05) is 36.4 Å². The fourth-order valence-electron chi connectivity index (χ4n) is 4.85. The molecule has 2 aliphatic heterocycles. The molecule has 0 radical (unpaired) electrons. The highest BCUT2D eigenvalue weighted by atomic mass is 35.5. The van der Waals surface area contributed by atoms with Gasteiger partial charge in [0.25, 0.3) is 0 Å². The van der Waals surface area contributed by atoms with Gasteiger partial charge in [-0.05, 0) is 36.1 Å². The first-order chi connectivity index (χ1) is 15.1. The van der Waals surface area contributed by atoms with Crippen molar-refractivity contribution in [3.05, 3.63) is 58.6 Å². The van der Waals surface area contributed by atoms with E-state index in [4.69, 9.17) is 27.2 Å². The highest BCUT2D eigenvalue weighted by Crippen LogP contribution is 2.43. The van der Waals surface area contributed by atoms with Crippen molar-refractivity contribution >= 4 is 39.6 Å². The van der Waals surface area contributed by atoms with Crippen LogP contribution < -0.4 is 5.73 Å². The summed E-state index contributed by atoms with van der Waals surface area (Å²) in [4.78, 5) is 15.9. The van der Waals surface area contributed by atoms with E-state index < -0.39 is 0 Å². The minimum Gasteiger partial charge on any atom is -0.494 e. The van der Waals surface area contributed by atoms with Gasteiger partial charge >= 0.3 is 0 Å². The summed E-state index contributed by atoms with van der Waals surface area (Å²) < 4.78 is 0. The summed E-state index contributed by atoms with van der Waals surface area (Å²) in [5.41, 5.74) is 10.2. The number of oxime groups is 1. The van der Waals surface area contributed by atoms with Crippen molar-refractivity contribution in [2.24, 2.45) is 27.7 Å². The summed E-state index contributed by atoms with van der Waals surface area (Å²) in [6.45, 7) is 3.40. The third kappa shape index (κ3) is 3.12. The molecule has 1 aromatic heterocycles. The molecular weight excluding hydrogens is 414 g/mol. The lowest BCUT2D eigenvalue weighted by atomic mass is 10.0. The average molecular weight is 436 g/mol. The lowest BCUT2D eigenvalue weighted by Gasteiger charge is -2.17. The van der Waals surface area contributed by atoms with Crippen LogP contribution in [-0.2, 0) is 4.84 Å². The van der Waals surface area contributed by atoms with E-state index in [0.29, 0.717) is 46.5 Å². The second-order valence-electron chi connectivity index (χ2n) is 8.45. The zero-order valence-corrected chi connectivity index (χ0v) is 17.5. The zero-order valence-electron chi connectivity index (χ0n) is 16.8. The molecule has 0 amide bonds. The first-order valence-electron chi connectivity index (χ1n) is 10.5. The molecule has 1 saturated carbocycles. The third-order valence-corrected chi connectivity index (χ3v) is 6.82. The zero-order chi connectivity index (χ0) is 21.1. The fraction of sp³-hybridized carbons (Fsp3) is 0.304. The molecule has 31 heavy (non-hydrogen) atoms. The predicted octanol–water partition coefficient (Wildman–Crippen LogP) is 3.27. The van der Waals surface area contributed by atoms with Gasteiger partial charge in [-0.15, -0.1) is 0 Å². The Labute approximate surface area is 184 Å². The van der Waals surface area contributed by atoms with Crippen LogP contribution in [0.3, 0.4) is 0 Å². The van der Waals surface area contributed by atoms with Gasteiger partial charge in [-0.25, -0.2) is 4.99 Å². The number of rotatable bonds is 5. The lowest BCUT2D eigenvalue weighted by molar-refractivity contribution is 0.115. The van der Waals surface area contributed by atoms with Crippen LogP contribution >= 0.6 is 11.6 Å². The first kappa shape index (κ1) is 18.9. The monoisotopic (exact) mass is 435 g/mol. The number of nitrogens with zero attached hydrogens (tertiary/aromatic N) is 3. The van der Waals surface area contributed by atoms with Gasteiger partial charge in [-0.3, -0.25) is 4.90 Å². The van der Waals surface area contributed by atoms with Crippen LogP contribution in [0.4, 0.5) is 5.69 Å². The quantitative estimate of drug-likeness (QED) is 0.423. The number of H-pyrrole nitrogens is 1. The van der Waals surface area contributed by atoms with Gasteiger partial charge in [0, 0.05) is 47.2 Å². The molecule has 4 N–H and O–H groups in total. The molecule has 3 aliphatic rings. The second kappa shape index (κ2) is 7.09. The Bertz CT molecular complexity index is 1240. The van der Waals surface area contributed by atoms with E-state index in [0.717, 1.165) is 41.8 Å². The Morgan fingerprint density at radius 2 is 2.03 bits per heavy atom.